The molecule has 0 saturated heterocycles. The number of allylic oxidation sites excluding steroid dienone is 1. The Kier molecular flexibility index (Phi) is 24.6. The summed E-state index contributed by atoms with van der Waals surface area (Å²) < 4.78 is 40.6. The lowest BCUT2D eigenvalue weighted by Crippen LogP contribution is -2.26. The van der Waals surface area contributed by atoms with E-state index in [4.69, 9.17) is 35.7 Å². The minimum absolute atomic E-state index is 0.0916. The number of anilines is 1. The highest BCUT2D eigenvalue weighted by atomic mass is 35.5. The third kappa shape index (κ3) is 15.3. The van der Waals surface area contributed by atoms with Gasteiger partial charge in [0.1, 0.15) is 31.0 Å². The highest BCUT2D eigenvalue weighted by Gasteiger charge is 2.25. The molecule has 10 heteroatoms. The number of hydrogen-bond acceptors (Lipinski definition) is 7. The summed E-state index contributed by atoms with van der Waals surface area (Å²) in [5, 5.41) is 7.34. The largest absolute Gasteiger partial charge is 0.496 e. The van der Waals surface area contributed by atoms with Gasteiger partial charge in [0.25, 0.3) is 0 Å². The lowest BCUT2D eigenvalue weighted by molar-refractivity contribution is -0.0987. The normalized spacial score (nSPS) is 16.3. The van der Waals surface area contributed by atoms with Gasteiger partial charge < -0.3 is 29.7 Å². The van der Waals surface area contributed by atoms with Gasteiger partial charge in [-0.3, -0.25) is 0 Å². The van der Waals surface area contributed by atoms with Crippen LogP contribution in [0.2, 0.25) is 5.02 Å². The molecule has 7 nitrogen and oxygen atoms in total. The number of aliphatic imine (C=N–C) groups is 1. The Morgan fingerprint density at radius 1 is 0.965 bits per heavy atom. The van der Waals surface area contributed by atoms with Gasteiger partial charge in [0.15, 0.2) is 5.82 Å². The van der Waals surface area contributed by atoms with Crippen LogP contribution in [0.3, 0.4) is 0 Å². The summed E-state index contributed by atoms with van der Waals surface area (Å²) in [5.74, 6) is 1.60. The van der Waals surface area contributed by atoms with Gasteiger partial charge in [-0.2, -0.15) is 0 Å². The molecule has 0 bridgehead atoms. The summed E-state index contributed by atoms with van der Waals surface area (Å²) in [4.78, 5) is 20.8. The van der Waals surface area contributed by atoms with E-state index in [1.165, 1.54) is 73.8 Å². The molecule has 57 heavy (non-hydrogen) atoms. The zero-order valence-electron chi connectivity index (χ0n) is 36.2. The van der Waals surface area contributed by atoms with Crippen LogP contribution in [-0.2, 0) is 20.7 Å². The number of carbonyl (C=O) groups is 2. The van der Waals surface area contributed by atoms with Crippen molar-refractivity contribution >= 4 is 37.1 Å². The van der Waals surface area contributed by atoms with E-state index in [0.29, 0.717) is 23.3 Å². The van der Waals surface area contributed by atoms with Gasteiger partial charge in [-0.15, -0.1) is 0 Å². The van der Waals surface area contributed by atoms with Crippen molar-refractivity contribution in [1.29, 1.82) is 0 Å². The van der Waals surface area contributed by atoms with E-state index in [1.54, 1.807) is 39.6 Å². The number of methoxy groups -OCH3 is 2. The predicted molar refractivity (Wildman–Crippen MR) is 236 cm³/mol. The molecule has 1 fully saturated rings. The number of ether oxygens (including phenoxy) is 2. The van der Waals surface area contributed by atoms with Crippen molar-refractivity contribution in [3.8, 4) is 16.9 Å². The Morgan fingerprint density at radius 3 is 2.28 bits per heavy atom. The molecule has 5 rings (SSSR count). The van der Waals surface area contributed by atoms with E-state index >= 15 is 4.39 Å². The predicted octanol–water partition coefficient (Wildman–Crippen LogP) is 12.4. The molecular weight excluding hydrogens is 744 g/mol. The molecular formula is C47H68ClF2N3O4. The van der Waals surface area contributed by atoms with Crippen LogP contribution < -0.4 is 15.4 Å². The average molecular weight is 813 g/mol. The zero-order chi connectivity index (χ0) is 43.1. The topological polar surface area (TPSA) is 89.0 Å². The van der Waals surface area contributed by atoms with Crippen LogP contribution in [0.1, 0.15) is 126 Å². The van der Waals surface area contributed by atoms with Crippen molar-refractivity contribution in [2.45, 2.75) is 125 Å². The van der Waals surface area contributed by atoms with Gasteiger partial charge in [0, 0.05) is 43.6 Å². The second kappa shape index (κ2) is 27.5. The number of nitrogens with one attached hydrogen (secondary N) is 2. The zero-order valence-corrected chi connectivity index (χ0v) is 36.9. The smallest absolute Gasteiger partial charge is 0.157 e. The Balaban J connectivity index is 0.000000747. The fourth-order valence-electron chi connectivity index (χ4n) is 7.45. The Hall–Kier alpha value is -4.08. The van der Waals surface area contributed by atoms with E-state index in [-0.39, 0.29) is 11.3 Å². The van der Waals surface area contributed by atoms with E-state index in [9.17, 15) is 4.39 Å². The molecule has 2 aliphatic rings. The van der Waals surface area contributed by atoms with Gasteiger partial charge in [-0.25, -0.2) is 13.8 Å². The second-order valence-electron chi connectivity index (χ2n) is 14.5. The van der Waals surface area contributed by atoms with Crippen molar-refractivity contribution in [2.75, 3.05) is 33.2 Å². The molecule has 1 saturated carbocycles. The monoisotopic (exact) mass is 811 g/mol. The third-order valence-corrected chi connectivity index (χ3v) is 10.7. The van der Waals surface area contributed by atoms with E-state index in [0.717, 1.165) is 59.3 Å². The molecule has 3 aromatic carbocycles. The molecule has 0 aromatic heterocycles. The molecule has 0 heterocycles. The maximum Gasteiger partial charge on any atom is 0.157 e. The first-order valence-electron chi connectivity index (χ1n) is 20.2. The first kappa shape index (κ1) is 50.9. The standard InChI is InChI=1S/C32H45F2N3O2.C11H13Cl.C2H6.2CH2O/c1-21(2)32(37-26-13-12-23(17-26)11-9-7-8-10-16-38-5)36-20-25-18-24(19-29(39-6)22(25)3)30-27(33)14-15-28(35-4)31(30)34;1-7-3-4-10-8(2)5-9(12)6-11(7)10;3*1-2/h14-15,18-20,23,26,35,37H,7-13,16-17H2,1-6H3;5-7H,3-4H2,1-2H3;1-2H3;2*1H2/b36-20-;;;;/t23-,26?;;;;/m1..../s1. The number of hydrogen-bond donors (Lipinski definition) is 2. The number of rotatable bonds is 14. The van der Waals surface area contributed by atoms with Crippen molar-refractivity contribution in [3.63, 3.8) is 0 Å². The fraction of sp³-hybridized carbons (Fsp3) is 0.511. The van der Waals surface area contributed by atoms with Crippen molar-refractivity contribution < 1.29 is 27.8 Å². The minimum atomic E-state index is -0.635. The maximum absolute atomic E-state index is 15.1. The minimum Gasteiger partial charge on any atom is -0.496 e. The van der Waals surface area contributed by atoms with Gasteiger partial charge >= 0.3 is 0 Å². The Bertz CT molecular complexity index is 1730. The molecule has 0 amide bonds. The summed E-state index contributed by atoms with van der Waals surface area (Å²) in [6.07, 6.45) is 14.1. The second-order valence-corrected chi connectivity index (χ2v) is 14.9. The fourth-order valence-corrected chi connectivity index (χ4v) is 7.73. The summed E-state index contributed by atoms with van der Waals surface area (Å²) in [7, 11) is 4.93. The molecule has 0 aliphatic heterocycles. The van der Waals surface area contributed by atoms with Gasteiger partial charge in [-0.1, -0.05) is 58.1 Å². The summed E-state index contributed by atoms with van der Waals surface area (Å²) in [5.41, 5.74) is 7.61. The lowest BCUT2D eigenvalue weighted by atomic mass is 9.97. The summed E-state index contributed by atoms with van der Waals surface area (Å²) in [6, 6.07) is 10.7. The van der Waals surface area contributed by atoms with Crippen LogP contribution in [0.4, 0.5) is 14.5 Å². The van der Waals surface area contributed by atoms with Gasteiger partial charge in [0.05, 0.1) is 18.4 Å². The summed E-state index contributed by atoms with van der Waals surface area (Å²) in [6.45, 7) is 19.3. The van der Waals surface area contributed by atoms with Crippen molar-refractivity contribution in [2.24, 2.45) is 10.9 Å². The number of fused-ring (bicyclic) bond motifs is 1. The molecule has 3 aromatic rings. The number of halogens is 3. The van der Waals surface area contributed by atoms with Crippen LogP contribution >= 0.6 is 11.6 Å². The highest BCUT2D eigenvalue weighted by molar-refractivity contribution is 6.30. The lowest BCUT2D eigenvalue weighted by Gasteiger charge is -2.17. The number of carbonyl (C=O) groups excluding carboxylic acids is 2. The average Bonchev–Trinajstić information content (AvgIpc) is 3.83. The highest BCUT2D eigenvalue weighted by Crippen LogP contribution is 2.37. The van der Waals surface area contributed by atoms with E-state index in [2.05, 4.69) is 36.6 Å². The van der Waals surface area contributed by atoms with Gasteiger partial charge in [0.2, 0.25) is 0 Å². The summed E-state index contributed by atoms with van der Waals surface area (Å²) >= 11 is 5.99. The van der Waals surface area contributed by atoms with Crippen molar-refractivity contribution in [1.82, 2.24) is 5.32 Å². The van der Waals surface area contributed by atoms with Gasteiger partial charge in [-0.05, 0) is 148 Å². The molecule has 3 atom stereocenters. The number of benzene rings is 3. The number of nitrogens with zero attached hydrogens (tertiary/aromatic N) is 1. The Morgan fingerprint density at radius 2 is 1.65 bits per heavy atom. The first-order chi connectivity index (χ1) is 27.5. The number of aryl methyl sites for hydroxylation is 1. The third-order valence-electron chi connectivity index (χ3n) is 10.5. The molecule has 316 valence electrons. The van der Waals surface area contributed by atoms with Crippen LogP contribution in [0.15, 0.2) is 52.8 Å². The quantitative estimate of drug-likeness (QED) is 0.124. The number of unbranched alkanes of at least 4 members (excludes halogenated alkanes) is 3. The van der Waals surface area contributed by atoms with E-state index in [1.807, 2.05) is 48.2 Å². The van der Waals surface area contributed by atoms with Crippen LogP contribution in [-0.4, -0.2) is 53.7 Å². The SMILES string of the molecule is C=O.C=O.CC.CNc1ccc(F)c(-c2cc(/C=N\C(NC3CC[C@@H](CCCCCCOC)C3)=C(C)C)c(C)c(OC)c2)c1F.Cc1cc(Cl)cc2c1CCC2C. The molecule has 0 radical (unpaired) electrons. The van der Waals surface area contributed by atoms with Crippen molar-refractivity contribution in [3.05, 3.63) is 92.3 Å². The molecule has 0 spiro atoms. The van der Waals surface area contributed by atoms with Crippen LogP contribution in [0.5, 0.6) is 5.75 Å². The van der Waals surface area contributed by atoms with E-state index < -0.39 is 11.6 Å². The molecule has 2 N–H and O–H groups in total. The Labute approximate surface area is 347 Å². The van der Waals surface area contributed by atoms with Crippen LogP contribution in [0, 0.1) is 31.4 Å². The molecule has 2 unspecified atom stereocenters. The maximum atomic E-state index is 15.1. The first-order valence-corrected chi connectivity index (χ1v) is 20.5. The molecule has 2 aliphatic carbocycles. The van der Waals surface area contributed by atoms with Crippen LogP contribution in [0.25, 0.3) is 11.1 Å².